The van der Waals surface area contributed by atoms with Crippen LogP contribution in [0.15, 0.2) is 78.9 Å². The summed E-state index contributed by atoms with van der Waals surface area (Å²) in [6.07, 6.45) is 0.0307. The van der Waals surface area contributed by atoms with Crippen LogP contribution >= 0.6 is 7.82 Å². The molecule has 1 fully saturated rings. The summed E-state index contributed by atoms with van der Waals surface area (Å²) in [6, 6.07) is 21.8. The number of amides is 4. The van der Waals surface area contributed by atoms with Crippen LogP contribution in [-0.4, -0.2) is 79.2 Å². The van der Waals surface area contributed by atoms with E-state index in [1.54, 1.807) is 18.7 Å². The molecule has 4 amide bonds. The fourth-order valence-electron chi connectivity index (χ4n) is 7.04. The van der Waals surface area contributed by atoms with Gasteiger partial charge in [-0.25, -0.2) is 4.79 Å². The summed E-state index contributed by atoms with van der Waals surface area (Å²) in [5.74, 6) is -1.24. The van der Waals surface area contributed by atoms with Gasteiger partial charge in [-0.05, 0) is 81.5 Å². The van der Waals surface area contributed by atoms with Gasteiger partial charge in [-0.2, -0.15) is 0 Å². The van der Waals surface area contributed by atoms with E-state index in [-0.39, 0.29) is 103 Å². The average Bonchev–Trinajstić information content (AvgIpc) is 3.15. The first-order valence-electron chi connectivity index (χ1n) is 19.7. The van der Waals surface area contributed by atoms with Crippen LogP contribution in [0.25, 0.3) is 0 Å². The Kier molecular flexibility index (Phi) is 22.6. The SMILES string of the molecule is Cc1cccc(C)c1OCC(=O)N[C@@H](Cc1ccccc1)[C@H](C[C@@H](Cc1ccccc1)NC(=O)[C@H](C(C)C)N1CCCNC1=O)OC(=O)C(C)(C)CCOP(=O)([O-])[O-].[Na+].[Na+]. The van der Waals surface area contributed by atoms with Gasteiger partial charge in [0.05, 0.1) is 25.9 Å². The van der Waals surface area contributed by atoms with Crippen LogP contribution in [0.3, 0.4) is 0 Å². The maximum atomic E-state index is 14.3. The molecule has 0 aliphatic carbocycles. The maximum absolute atomic E-state index is 14.3. The van der Waals surface area contributed by atoms with Gasteiger partial charge in [0.2, 0.25) is 5.91 Å². The number of nitrogens with zero attached hydrogens (tertiary/aromatic N) is 1. The molecule has 0 aromatic heterocycles. The second-order valence-electron chi connectivity index (χ2n) is 15.8. The molecule has 1 heterocycles. The van der Waals surface area contributed by atoms with E-state index in [1.165, 1.54) is 0 Å². The third-order valence-electron chi connectivity index (χ3n) is 10.2. The number of rotatable bonds is 21. The number of ether oxygens (including phenoxy) is 2. The molecule has 60 heavy (non-hydrogen) atoms. The zero-order valence-electron chi connectivity index (χ0n) is 36.2. The first-order chi connectivity index (χ1) is 27.4. The molecule has 0 radical (unpaired) electrons. The van der Waals surface area contributed by atoms with Crippen molar-refractivity contribution < 1.29 is 107 Å². The molecule has 14 nitrogen and oxygen atoms in total. The van der Waals surface area contributed by atoms with Gasteiger partial charge in [-0.1, -0.05) is 92.7 Å². The number of hydrogen-bond donors (Lipinski definition) is 3. The second-order valence-corrected chi connectivity index (χ2v) is 17.0. The Morgan fingerprint density at radius 2 is 1.47 bits per heavy atom. The average molecular weight is 867 g/mol. The molecule has 0 bridgehead atoms. The van der Waals surface area contributed by atoms with Crippen molar-refractivity contribution >= 4 is 31.6 Å². The third kappa shape index (κ3) is 17.2. The van der Waals surface area contributed by atoms with E-state index in [0.29, 0.717) is 31.7 Å². The molecule has 1 saturated heterocycles. The predicted molar refractivity (Wildman–Crippen MR) is 215 cm³/mol. The van der Waals surface area contributed by atoms with Crippen molar-refractivity contribution in [1.29, 1.82) is 0 Å². The van der Waals surface area contributed by atoms with E-state index < -0.39 is 56.0 Å². The summed E-state index contributed by atoms with van der Waals surface area (Å²) in [6.45, 7) is 10.7. The van der Waals surface area contributed by atoms with Crippen molar-refractivity contribution in [2.75, 3.05) is 26.3 Å². The van der Waals surface area contributed by atoms with Crippen molar-refractivity contribution in [1.82, 2.24) is 20.9 Å². The van der Waals surface area contributed by atoms with Crippen molar-refractivity contribution in [2.45, 2.75) is 97.9 Å². The van der Waals surface area contributed by atoms with Gasteiger partial charge >= 0.3 is 71.1 Å². The van der Waals surface area contributed by atoms with Crippen LogP contribution in [-0.2, 0) is 41.1 Å². The minimum Gasteiger partial charge on any atom is -0.790 e. The summed E-state index contributed by atoms with van der Waals surface area (Å²) in [7, 11) is -5.29. The molecular weight excluding hydrogens is 809 g/mol. The fourth-order valence-corrected chi connectivity index (χ4v) is 7.35. The molecule has 4 rings (SSSR count). The maximum Gasteiger partial charge on any atom is 1.00 e. The molecule has 1 aliphatic rings. The first kappa shape index (κ1) is 53.4. The number of esters is 1. The van der Waals surface area contributed by atoms with Crippen molar-refractivity contribution in [3.63, 3.8) is 0 Å². The smallest absolute Gasteiger partial charge is 0.790 e. The zero-order valence-corrected chi connectivity index (χ0v) is 41.1. The normalized spacial score (nSPS) is 14.9. The van der Waals surface area contributed by atoms with Gasteiger partial charge in [0.15, 0.2) is 6.61 Å². The summed E-state index contributed by atoms with van der Waals surface area (Å²) in [4.78, 5) is 79.1. The van der Waals surface area contributed by atoms with E-state index in [4.69, 9.17) is 9.47 Å². The van der Waals surface area contributed by atoms with Gasteiger partial charge in [0.1, 0.15) is 17.9 Å². The van der Waals surface area contributed by atoms with E-state index in [9.17, 15) is 33.5 Å². The first-order valence-corrected chi connectivity index (χ1v) is 21.2. The van der Waals surface area contributed by atoms with E-state index in [1.807, 2.05) is 107 Å². The minimum atomic E-state index is -5.29. The van der Waals surface area contributed by atoms with Gasteiger partial charge in [-0.15, -0.1) is 0 Å². The number of phosphoric acid groups is 1. The second kappa shape index (κ2) is 25.4. The quantitative estimate of drug-likeness (QED) is 0.0621. The molecular formula is C43H57N4Na2O10P. The number of urea groups is 1. The monoisotopic (exact) mass is 866 g/mol. The molecule has 3 N–H and O–H groups in total. The van der Waals surface area contributed by atoms with E-state index in [2.05, 4.69) is 20.5 Å². The molecule has 0 spiro atoms. The van der Waals surface area contributed by atoms with Crippen LogP contribution in [0, 0.1) is 25.2 Å². The Morgan fingerprint density at radius 1 is 0.883 bits per heavy atom. The standard InChI is InChI=1S/C43H59N4O10P.2Na/c1-29(2)38(47-23-14-22-44-42(47)51)40(49)45-34(25-32-17-9-7-10-18-32)27-36(57-41(50)43(5,6)21-24-56-58(52,53)54)35(26-33-19-11-8-12-20-33)46-37(48)28-55-39-30(3)15-13-16-31(39)4;;/h7-13,15-20,29,34-36,38H,14,21-28H2,1-6H3,(H,44,51)(H,45,49)(H,46,48)(H2,52,53,54);;/q;2*+1/p-2/t34-,35+,36+,38+;;/m1../s1. The molecule has 316 valence electrons. The Labute approximate surface area is 398 Å². The number of carbonyl (C=O) groups is 4. The summed E-state index contributed by atoms with van der Waals surface area (Å²) in [5.41, 5.74) is 2.11. The van der Waals surface area contributed by atoms with Crippen LogP contribution in [0.5, 0.6) is 5.75 Å². The molecule has 0 saturated carbocycles. The molecule has 1 aliphatic heterocycles. The molecule has 3 aromatic carbocycles. The molecule has 3 aromatic rings. The number of carbonyl (C=O) groups excluding carboxylic acids is 4. The number of nitrogens with one attached hydrogen (secondary N) is 3. The van der Waals surface area contributed by atoms with Crippen LogP contribution < -0.4 is 89.6 Å². The summed E-state index contributed by atoms with van der Waals surface area (Å²) in [5, 5.41) is 9.07. The number of hydrogen-bond acceptors (Lipinski definition) is 10. The minimum absolute atomic E-state index is 0. The predicted octanol–water partition coefficient (Wildman–Crippen LogP) is -1.85. The van der Waals surface area contributed by atoms with Crippen molar-refractivity contribution in [3.05, 3.63) is 101 Å². The Hall–Kier alpha value is -2.75. The Balaban J connectivity index is 0.00000620. The fraction of sp³-hybridized carbons (Fsp3) is 0.488. The van der Waals surface area contributed by atoms with Crippen LogP contribution in [0.2, 0.25) is 0 Å². The van der Waals surface area contributed by atoms with Gasteiger partial charge in [0, 0.05) is 25.6 Å². The Morgan fingerprint density at radius 3 is 2.02 bits per heavy atom. The largest absolute Gasteiger partial charge is 1.00 e. The molecule has 17 heteroatoms. The van der Waals surface area contributed by atoms with Gasteiger partial charge in [-0.3, -0.25) is 14.4 Å². The van der Waals surface area contributed by atoms with E-state index in [0.717, 1.165) is 22.3 Å². The molecule has 0 unspecified atom stereocenters. The Bertz CT molecular complexity index is 1860. The number of benzene rings is 3. The number of para-hydroxylation sites is 1. The van der Waals surface area contributed by atoms with Crippen molar-refractivity contribution in [3.8, 4) is 5.75 Å². The summed E-state index contributed by atoms with van der Waals surface area (Å²) < 4.78 is 28.0. The number of aryl methyl sites for hydroxylation is 2. The van der Waals surface area contributed by atoms with Crippen molar-refractivity contribution in [2.24, 2.45) is 11.3 Å². The zero-order chi connectivity index (χ0) is 42.5. The topological polar surface area (TPSA) is 198 Å². The van der Waals surface area contributed by atoms with Crippen LogP contribution in [0.1, 0.15) is 69.2 Å². The third-order valence-corrected chi connectivity index (χ3v) is 10.7. The molecule has 4 atom stereocenters. The van der Waals surface area contributed by atoms with Gasteiger partial charge in [0.25, 0.3) is 5.91 Å². The number of phosphoric ester groups is 1. The van der Waals surface area contributed by atoms with Gasteiger partial charge < -0.3 is 49.2 Å². The summed E-state index contributed by atoms with van der Waals surface area (Å²) >= 11 is 0. The van der Waals surface area contributed by atoms with E-state index >= 15 is 0 Å². The van der Waals surface area contributed by atoms with Crippen LogP contribution in [0.4, 0.5) is 4.79 Å².